The zero-order chi connectivity index (χ0) is 15.2. The van der Waals surface area contributed by atoms with E-state index in [0.29, 0.717) is 11.5 Å². The average molecular weight is 288 g/mol. The molecule has 2 aromatic rings. The van der Waals surface area contributed by atoms with Crippen molar-refractivity contribution in [3.05, 3.63) is 47.9 Å². The largest absolute Gasteiger partial charge is 0.348 e. The second kappa shape index (κ2) is 6.78. The first-order valence-electron chi connectivity index (χ1n) is 6.76. The van der Waals surface area contributed by atoms with Crippen molar-refractivity contribution in [1.29, 1.82) is 0 Å². The van der Waals surface area contributed by atoms with Crippen LogP contribution < -0.4 is 10.6 Å². The van der Waals surface area contributed by atoms with Crippen molar-refractivity contribution in [2.24, 2.45) is 0 Å². The third-order valence-electron chi connectivity index (χ3n) is 3.02. The molecule has 0 aliphatic heterocycles. The van der Waals surface area contributed by atoms with Crippen LogP contribution in [0.3, 0.4) is 0 Å². The minimum absolute atomic E-state index is 0.0792. The molecule has 1 atom stereocenters. The Labute approximate surface area is 122 Å². The molecule has 21 heavy (non-hydrogen) atoms. The number of hydrogen-bond acceptors (Lipinski definition) is 4. The van der Waals surface area contributed by atoms with Crippen LogP contribution in [0.2, 0.25) is 0 Å². The molecule has 0 saturated heterocycles. The maximum Gasteiger partial charge on any atom is 0.272 e. The van der Waals surface area contributed by atoms with Gasteiger partial charge in [0.25, 0.3) is 5.91 Å². The number of halogens is 1. The fourth-order valence-electron chi connectivity index (χ4n) is 1.62. The van der Waals surface area contributed by atoms with Crippen molar-refractivity contribution in [2.75, 3.05) is 5.32 Å². The van der Waals surface area contributed by atoms with Crippen LogP contribution in [0.15, 0.2) is 36.4 Å². The number of carbonyl (C=O) groups is 1. The molecule has 0 radical (unpaired) electrons. The van der Waals surface area contributed by atoms with Crippen molar-refractivity contribution in [3.8, 4) is 0 Å². The first-order chi connectivity index (χ1) is 10.1. The van der Waals surface area contributed by atoms with Gasteiger partial charge in [0, 0.05) is 6.04 Å². The SMILES string of the molecule is CCC(C)NC(=O)c1ccc(Nc2ccccc2F)nn1. The normalized spacial score (nSPS) is 11.8. The Balaban J connectivity index is 2.05. The van der Waals surface area contributed by atoms with E-state index in [9.17, 15) is 9.18 Å². The Bertz CT molecular complexity index is 615. The van der Waals surface area contributed by atoms with Crippen LogP contribution >= 0.6 is 0 Å². The molecule has 6 heteroatoms. The molecule has 1 heterocycles. The minimum atomic E-state index is -0.377. The lowest BCUT2D eigenvalue weighted by Gasteiger charge is -2.10. The van der Waals surface area contributed by atoms with E-state index in [-0.39, 0.29) is 23.5 Å². The van der Waals surface area contributed by atoms with E-state index >= 15 is 0 Å². The van der Waals surface area contributed by atoms with E-state index in [4.69, 9.17) is 0 Å². The highest BCUT2D eigenvalue weighted by Crippen LogP contribution is 2.17. The van der Waals surface area contributed by atoms with E-state index in [0.717, 1.165) is 6.42 Å². The standard InChI is InChI=1S/C15H17FN4O/c1-3-10(2)17-15(21)13-8-9-14(20-19-13)18-12-7-5-4-6-11(12)16/h4-10H,3H2,1-2H3,(H,17,21)(H,18,20). The smallest absolute Gasteiger partial charge is 0.272 e. The molecule has 0 fully saturated rings. The van der Waals surface area contributed by atoms with Gasteiger partial charge in [-0.25, -0.2) is 4.39 Å². The van der Waals surface area contributed by atoms with E-state index in [2.05, 4.69) is 20.8 Å². The number of amides is 1. The first-order valence-corrected chi connectivity index (χ1v) is 6.76. The fraction of sp³-hybridized carbons (Fsp3) is 0.267. The van der Waals surface area contributed by atoms with Gasteiger partial charge in [-0.3, -0.25) is 4.79 Å². The van der Waals surface area contributed by atoms with Crippen LogP contribution in [0.5, 0.6) is 0 Å². The number of nitrogens with one attached hydrogen (secondary N) is 2. The zero-order valence-corrected chi connectivity index (χ0v) is 11.9. The van der Waals surface area contributed by atoms with Gasteiger partial charge in [-0.05, 0) is 37.6 Å². The summed E-state index contributed by atoms with van der Waals surface area (Å²) < 4.78 is 13.5. The van der Waals surface area contributed by atoms with Gasteiger partial charge in [0.1, 0.15) is 5.82 Å². The van der Waals surface area contributed by atoms with E-state index < -0.39 is 0 Å². The summed E-state index contributed by atoms with van der Waals surface area (Å²) in [5.41, 5.74) is 0.540. The summed E-state index contributed by atoms with van der Waals surface area (Å²) in [5, 5.41) is 13.3. The van der Waals surface area contributed by atoms with Crippen LogP contribution in [0.4, 0.5) is 15.9 Å². The third-order valence-corrected chi connectivity index (χ3v) is 3.02. The second-order valence-electron chi connectivity index (χ2n) is 4.69. The van der Waals surface area contributed by atoms with Gasteiger partial charge in [0.2, 0.25) is 0 Å². The average Bonchev–Trinajstić information content (AvgIpc) is 2.50. The molecule has 1 amide bonds. The number of aromatic nitrogens is 2. The van der Waals surface area contributed by atoms with E-state index in [1.165, 1.54) is 6.07 Å². The van der Waals surface area contributed by atoms with Crippen LogP contribution in [0.1, 0.15) is 30.8 Å². The van der Waals surface area contributed by atoms with Gasteiger partial charge >= 0.3 is 0 Å². The molecule has 0 aliphatic rings. The quantitative estimate of drug-likeness (QED) is 0.887. The molecule has 2 N–H and O–H groups in total. The molecule has 0 saturated carbocycles. The lowest BCUT2D eigenvalue weighted by atomic mass is 10.2. The van der Waals surface area contributed by atoms with Crippen molar-refractivity contribution in [3.63, 3.8) is 0 Å². The van der Waals surface area contributed by atoms with Crippen molar-refractivity contribution < 1.29 is 9.18 Å². The fourth-order valence-corrected chi connectivity index (χ4v) is 1.62. The Morgan fingerprint density at radius 1 is 1.24 bits per heavy atom. The van der Waals surface area contributed by atoms with Gasteiger partial charge in [0.05, 0.1) is 5.69 Å². The van der Waals surface area contributed by atoms with Gasteiger partial charge < -0.3 is 10.6 Å². The summed E-state index contributed by atoms with van der Waals surface area (Å²) in [4.78, 5) is 11.8. The highest BCUT2D eigenvalue weighted by Gasteiger charge is 2.11. The van der Waals surface area contributed by atoms with E-state index in [1.54, 1.807) is 30.3 Å². The number of hydrogen-bond donors (Lipinski definition) is 2. The summed E-state index contributed by atoms with van der Waals surface area (Å²) >= 11 is 0. The molecule has 2 rings (SSSR count). The molecule has 1 unspecified atom stereocenters. The van der Waals surface area contributed by atoms with Crippen molar-refractivity contribution >= 4 is 17.4 Å². The Morgan fingerprint density at radius 2 is 2.00 bits per heavy atom. The Hall–Kier alpha value is -2.50. The van der Waals surface area contributed by atoms with Gasteiger partial charge in [0.15, 0.2) is 11.5 Å². The number of benzene rings is 1. The summed E-state index contributed by atoms with van der Waals surface area (Å²) in [7, 11) is 0. The number of rotatable bonds is 5. The molecular weight excluding hydrogens is 271 g/mol. The first kappa shape index (κ1) is 14.9. The monoisotopic (exact) mass is 288 g/mol. The maximum absolute atomic E-state index is 13.5. The van der Waals surface area contributed by atoms with Gasteiger partial charge in [-0.15, -0.1) is 10.2 Å². The molecule has 5 nitrogen and oxygen atoms in total. The highest BCUT2D eigenvalue weighted by molar-refractivity contribution is 5.92. The second-order valence-corrected chi connectivity index (χ2v) is 4.69. The van der Waals surface area contributed by atoms with Crippen LogP contribution in [0, 0.1) is 5.82 Å². The minimum Gasteiger partial charge on any atom is -0.348 e. The summed E-state index contributed by atoms with van der Waals surface area (Å²) in [5.74, 6) is -0.271. The van der Waals surface area contributed by atoms with Crippen LogP contribution in [-0.4, -0.2) is 22.1 Å². The highest BCUT2D eigenvalue weighted by atomic mass is 19.1. The summed E-state index contributed by atoms with van der Waals surface area (Å²) in [6.45, 7) is 3.90. The zero-order valence-electron chi connectivity index (χ0n) is 11.9. The number of para-hydroxylation sites is 1. The van der Waals surface area contributed by atoms with Gasteiger partial charge in [-0.1, -0.05) is 19.1 Å². The summed E-state index contributed by atoms with van der Waals surface area (Å²) in [6, 6.07) is 9.49. The molecule has 1 aromatic carbocycles. The van der Waals surface area contributed by atoms with Crippen LogP contribution in [0.25, 0.3) is 0 Å². The Morgan fingerprint density at radius 3 is 2.62 bits per heavy atom. The molecule has 110 valence electrons. The Kier molecular flexibility index (Phi) is 4.81. The van der Waals surface area contributed by atoms with Crippen molar-refractivity contribution in [2.45, 2.75) is 26.3 Å². The molecule has 0 bridgehead atoms. The summed E-state index contributed by atoms with van der Waals surface area (Å²) in [6.07, 6.45) is 0.839. The predicted molar refractivity (Wildman–Crippen MR) is 78.9 cm³/mol. The molecule has 0 spiro atoms. The predicted octanol–water partition coefficient (Wildman–Crippen LogP) is 2.89. The number of nitrogens with zero attached hydrogens (tertiary/aromatic N) is 2. The van der Waals surface area contributed by atoms with Gasteiger partial charge in [-0.2, -0.15) is 0 Å². The van der Waals surface area contributed by atoms with Crippen LogP contribution in [-0.2, 0) is 0 Å². The lowest BCUT2D eigenvalue weighted by Crippen LogP contribution is -2.32. The maximum atomic E-state index is 13.5. The third kappa shape index (κ3) is 3.98. The number of carbonyl (C=O) groups excluding carboxylic acids is 1. The molecular formula is C15H17FN4O. The topological polar surface area (TPSA) is 66.9 Å². The molecule has 1 aromatic heterocycles. The van der Waals surface area contributed by atoms with Crippen molar-refractivity contribution in [1.82, 2.24) is 15.5 Å². The molecule has 0 aliphatic carbocycles. The van der Waals surface area contributed by atoms with E-state index in [1.807, 2.05) is 13.8 Å². The lowest BCUT2D eigenvalue weighted by molar-refractivity contribution is 0.0933. The number of anilines is 2.